The van der Waals surface area contributed by atoms with E-state index in [9.17, 15) is 59.5 Å². The highest BCUT2D eigenvalue weighted by Crippen LogP contribution is 2.49. The number of aliphatic hydroxyl groups is 1. The van der Waals surface area contributed by atoms with Crippen molar-refractivity contribution in [1.29, 1.82) is 0 Å². The predicted molar refractivity (Wildman–Crippen MR) is 390 cm³/mol. The van der Waals surface area contributed by atoms with Gasteiger partial charge in [-0.3, -0.25) is 24.0 Å². The summed E-state index contributed by atoms with van der Waals surface area (Å²) in [7, 11) is 1.30. The van der Waals surface area contributed by atoms with E-state index in [-0.39, 0.29) is 53.0 Å². The topological polar surface area (TPSA) is 206 Å². The van der Waals surface area contributed by atoms with Gasteiger partial charge in [-0.05, 0) is 149 Å². The number of ketones is 2. The molecule has 7 aromatic carbocycles. The number of Topliss-reactive ketones (excluding diaryl/α,β-unsaturated/α-hetero) is 2. The third kappa shape index (κ3) is 17.3. The average molecular weight is 1560 g/mol. The van der Waals surface area contributed by atoms with E-state index in [4.69, 9.17) is 47.3 Å². The average Bonchev–Trinajstić information content (AvgIpc) is 0.816. The number of H-pyrrole nitrogens is 1. The molecule has 0 spiro atoms. The van der Waals surface area contributed by atoms with Crippen molar-refractivity contribution < 1.29 is 82.7 Å². The lowest BCUT2D eigenvalue weighted by atomic mass is 9.78. The monoisotopic (exact) mass is 1550 g/mol. The van der Waals surface area contributed by atoms with Gasteiger partial charge in [0.25, 0.3) is 16.7 Å². The van der Waals surface area contributed by atoms with E-state index < -0.39 is 97.9 Å². The van der Waals surface area contributed by atoms with E-state index in [1.54, 1.807) is 97.2 Å². The van der Waals surface area contributed by atoms with Crippen LogP contribution in [-0.2, 0) is 59.2 Å². The van der Waals surface area contributed by atoms with Gasteiger partial charge in [0.15, 0.2) is 34.5 Å². The lowest BCUT2D eigenvalue weighted by molar-refractivity contribution is -0.126. The molecule has 0 saturated carbocycles. The molecule has 15 rings (SSSR count). The molecule has 4 fully saturated rings. The van der Waals surface area contributed by atoms with Crippen molar-refractivity contribution in [3.05, 3.63) is 375 Å². The van der Waals surface area contributed by atoms with Crippen LogP contribution in [0.25, 0.3) is 0 Å². The van der Waals surface area contributed by atoms with Crippen molar-refractivity contribution in [2.75, 3.05) is 46.0 Å². The SMILES string of the molecule is COC(=O)c1ccc(Cn2ccc(C3(c4ccc(F)cc4)CCO3)c(F)c2=O)cc1.FC1=C(C2(c3ccc(F)cc3)CCO2)C=CNC1Cl.O=C(CCCl)c1ccc(F)cc1.O=C(CO)c1ccc(Cn2ccc(C3(c4ccc(F)cc4)CCO3)c(F)c2=O)cc1.O=c1[nH]ccc(C2(c3ccc(F)cc3)CCO2)c1F. The third-order valence-electron chi connectivity index (χ3n) is 19.3. The second-order valence-corrected chi connectivity index (χ2v) is 26.5. The number of hydrogen-bond donors (Lipinski definition) is 3. The molecule has 3 aromatic heterocycles. The summed E-state index contributed by atoms with van der Waals surface area (Å²) in [6, 6.07) is 45.8. The number of pyridine rings is 3. The van der Waals surface area contributed by atoms with Gasteiger partial charge >= 0.3 is 5.97 Å². The number of hydrogen-bond acceptors (Lipinski definition) is 13. The zero-order valence-corrected chi connectivity index (χ0v) is 60.1. The predicted octanol–water partition coefficient (Wildman–Crippen LogP) is 14.9. The molecule has 10 aromatic rings. The number of alkyl halides is 2. The Kier molecular flexibility index (Phi) is 25.7. The number of ether oxygens (including phenoxy) is 5. The molecule has 8 heterocycles. The Hall–Kier alpha value is -10.8. The van der Waals surface area contributed by atoms with Gasteiger partial charge < -0.3 is 48.2 Å². The Bertz CT molecular complexity index is 5000. The molecule has 0 amide bonds. The lowest BCUT2D eigenvalue weighted by Gasteiger charge is -2.44. The molecular weight excluding hydrogens is 1490 g/mol. The van der Waals surface area contributed by atoms with Gasteiger partial charge in [-0.15, -0.1) is 11.6 Å². The van der Waals surface area contributed by atoms with Gasteiger partial charge in [0, 0.05) is 90.0 Å². The number of aromatic nitrogens is 3. The van der Waals surface area contributed by atoms with Crippen LogP contribution in [0, 0.1) is 46.5 Å². The number of aromatic amines is 1. The number of nitrogens with zero attached hydrogens (tertiary/aromatic N) is 2. The summed E-state index contributed by atoms with van der Waals surface area (Å²) in [5, 5.41) is 11.6. The second kappa shape index (κ2) is 35.3. The van der Waals surface area contributed by atoms with Gasteiger partial charge in [0.05, 0.1) is 52.2 Å². The van der Waals surface area contributed by atoms with E-state index in [2.05, 4.69) is 15.0 Å². The van der Waals surface area contributed by atoms with Gasteiger partial charge in [0.2, 0.25) is 0 Å². The summed E-state index contributed by atoms with van der Waals surface area (Å²) in [6.45, 7) is 1.54. The fraction of sp³-hybridized carbons (Fsp3) is 0.229. The highest BCUT2D eigenvalue weighted by molar-refractivity contribution is 6.22. The molecule has 3 N–H and O–H groups in total. The fourth-order valence-electron chi connectivity index (χ4n) is 13.1. The van der Waals surface area contributed by atoms with Crippen LogP contribution in [0.1, 0.15) is 113 Å². The summed E-state index contributed by atoms with van der Waals surface area (Å²) < 4.78 is 153. The molecule has 110 heavy (non-hydrogen) atoms. The van der Waals surface area contributed by atoms with Crippen molar-refractivity contribution >= 4 is 40.7 Å². The number of aliphatic hydroxyl groups excluding tert-OH is 1. The van der Waals surface area contributed by atoms with Gasteiger partial charge in [0.1, 0.15) is 63.9 Å². The van der Waals surface area contributed by atoms with Crippen molar-refractivity contribution in [1.82, 2.24) is 19.4 Å². The zero-order chi connectivity index (χ0) is 78.5. The molecule has 0 aliphatic carbocycles. The fourth-order valence-corrected chi connectivity index (χ4v) is 13.4. The van der Waals surface area contributed by atoms with Gasteiger partial charge in [-0.1, -0.05) is 96.5 Å². The first-order valence-electron chi connectivity index (χ1n) is 34.4. The van der Waals surface area contributed by atoms with Crippen LogP contribution < -0.4 is 22.0 Å². The Morgan fingerprint density at radius 1 is 0.482 bits per heavy atom. The molecular formula is C83H69Cl2F9N4O12. The zero-order valence-electron chi connectivity index (χ0n) is 58.5. The van der Waals surface area contributed by atoms with Crippen LogP contribution in [0.2, 0.25) is 0 Å². The number of benzene rings is 7. The number of methoxy groups -OCH3 is 1. The molecule has 0 bridgehead atoms. The maximum Gasteiger partial charge on any atom is 0.337 e. The van der Waals surface area contributed by atoms with Crippen molar-refractivity contribution in [3.8, 4) is 0 Å². The van der Waals surface area contributed by atoms with Crippen LogP contribution in [0.15, 0.2) is 245 Å². The highest BCUT2D eigenvalue weighted by atomic mass is 35.5. The van der Waals surface area contributed by atoms with Crippen LogP contribution in [-0.4, -0.2) is 88.3 Å². The minimum atomic E-state index is -1.09. The van der Waals surface area contributed by atoms with E-state index >= 15 is 8.78 Å². The largest absolute Gasteiger partial charge is 0.465 e. The Balaban J connectivity index is 0.000000141. The van der Waals surface area contributed by atoms with Gasteiger partial charge in [-0.2, -0.15) is 0 Å². The van der Waals surface area contributed by atoms with Crippen LogP contribution in [0.3, 0.4) is 0 Å². The van der Waals surface area contributed by atoms with Crippen LogP contribution in [0.5, 0.6) is 0 Å². The second-order valence-electron chi connectivity index (χ2n) is 25.7. The normalized spacial score (nSPS) is 19.9. The van der Waals surface area contributed by atoms with E-state index in [0.717, 1.165) is 11.1 Å². The summed E-state index contributed by atoms with van der Waals surface area (Å²) in [6.07, 6.45) is 10.1. The van der Waals surface area contributed by atoms with Crippen molar-refractivity contribution in [3.63, 3.8) is 0 Å². The smallest absolute Gasteiger partial charge is 0.337 e. The van der Waals surface area contributed by atoms with Gasteiger partial charge in [-0.25, -0.2) is 44.3 Å². The molecule has 27 heteroatoms. The van der Waals surface area contributed by atoms with E-state index in [1.165, 1.54) is 138 Å². The quantitative estimate of drug-likeness (QED) is 0.0241. The first kappa shape index (κ1) is 80.3. The van der Waals surface area contributed by atoms with Crippen LogP contribution in [0.4, 0.5) is 39.5 Å². The molecule has 5 aliphatic heterocycles. The number of carbonyl (C=O) groups excluding carboxylic acids is 3. The minimum Gasteiger partial charge on any atom is -0.465 e. The van der Waals surface area contributed by atoms with Crippen molar-refractivity contribution in [2.24, 2.45) is 0 Å². The number of rotatable bonds is 18. The molecule has 4 saturated heterocycles. The first-order valence-corrected chi connectivity index (χ1v) is 35.3. The van der Waals surface area contributed by atoms with E-state index in [1.807, 2.05) is 0 Å². The number of esters is 1. The summed E-state index contributed by atoms with van der Waals surface area (Å²) in [5.74, 6) is -5.56. The maximum absolute atomic E-state index is 15.1. The first-order chi connectivity index (χ1) is 52.9. The highest BCUT2D eigenvalue weighted by Gasteiger charge is 2.49. The maximum atomic E-state index is 15.1. The minimum absolute atomic E-state index is 0.0509. The number of dihydropyridines is 1. The molecule has 0 radical (unpaired) electrons. The number of halogens is 11. The standard InChI is InChI=1S/2C23H19F2NO4.C14H12ClF2NO.C14H11F2NO2.C9H8ClFO/c1-29-22(28)16-4-2-15(3-5-16)14-26-12-10-19(20(25)21(26)27)23(11-13-30-23)17-6-8-18(24)9-7-17;24-18-7-5-17(6-8-18)23(10-12-30-23)19-9-11-26(22(29)21(19)25)13-15-1-3-16(4-2-15)20(28)14-27;15-13-12(17)11(5-7-18-13)14(6-8-19-14)9-1-3-10(16)4-2-9;15-10-3-1-9(2-4-10)14(6-8-19-14)11-5-7-17-13(18)12(11)16;10-6-5-9(12)7-1-3-8(11)4-2-7/h2-10,12H,11,13-14H2,1H3;1-9,11,27H,10,12-14H2;1-5,7,13,18H,6,8H2;1-5,7H,6,8H2,(H,17,18);1-4H,5-6H2. The lowest BCUT2D eigenvalue weighted by Crippen LogP contribution is -2.44. The molecule has 5 atom stereocenters. The Labute approximate surface area is 633 Å². The molecule has 570 valence electrons. The Morgan fingerprint density at radius 3 is 1.18 bits per heavy atom. The molecule has 5 unspecified atom stereocenters. The van der Waals surface area contributed by atoms with Crippen molar-refractivity contribution in [2.45, 2.75) is 73.1 Å². The van der Waals surface area contributed by atoms with Crippen LogP contribution >= 0.6 is 23.2 Å². The molecule has 16 nitrogen and oxygen atoms in total. The number of nitrogens with one attached hydrogen (secondary N) is 2. The Morgan fingerprint density at radius 2 is 0.827 bits per heavy atom. The van der Waals surface area contributed by atoms with E-state index in [0.29, 0.717) is 109 Å². The summed E-state index contributed by atoms with van der Waals surface area (Å²) >= 11 is 11.2. The summed E-state index contributed by atoms with van der Waals surface area (Å²) in [4.78, 5) is 73.2. The third-order valence-corrected chi connectivity index (χ3v) is 19.8. The number of carbonyl (C=O) groups is 3. The summed E-state index contributed by atoms with van der Waals surface area (Å²) in [5.41, 5.74) is -1.11. The molecule has 5 aliphatic rings.